The molecule has 1 amide bonds. The molecule has 2 rings (SSSR count). The highest BCUT2D eigenvalue weighted by molar-refractivity contribution is 9.10. The Morgan fingerprint density at radius 2 is 1.89 bits per heavy atom. The minimum Gasteiger partial charge on any atom is -0.289 e. The first-order valence-corrected chi connectivity index (χ1v) is 6.52. The molecule has 0 saturated heterocycles. The lowest BCUT2D eigenvalue weighted by Crippen LogP contribution is -2.16. The third-order valence-corrected chi connectivity index (χ3v) is 3.81. The summed E-state index contributed by atoms with van der Waals surface area (Å²) in [7, 11) is 0. The minimum atomic E-state index is -0.263. The fraction of sp³-hybridized carbons (Fsp3) is 0.231. The van der Waals surface area contributed by atoms with Crippen LogP contribution in [0.4, 0.5) is 5.95 Å². The van der Waals surface area contributed by atoms with Crippen molar-refractivity contribution < 1.29 is 4.79 Å². The molecule has 0 spiro atoms. The third kappa shape index (κ3) is 2.96. The van der Waals surface area contributed by atoms with E-state index in [0.717, 1.165) is 21.4 Å². The van der Waals surface area contributed by atoms with Gasteiger partial charge in [0.05, 0.1) is 17.0 Å². The highest BCUT2D eigenvalue weighted by atomic mass is 79.9. The standard InChI is InChI=1S/C13H13BrN4O/c1-7-5-4-6-10(11(7)14)12(19)16-13-15-8(2)9(3)17-18-13/h4-6H,1-3H3,(H,15,16,18,19). The van der Waals surface area contributed by atoms with Gasteiger partial charge in [0, 0.05) is 4.47 Å². The second kappa shape index (κ2) is 5.44. The van der Waals surface area contributed by atoms with Crippen molar-refractivity contribution in [1.82, 2.24) is 15.2 Å². The van der Waals surface area contributed by atoms with Gasteiger partial charge in [-0.05, 0) is 48.3 Å². The number of amides is 1. The molecule has 1 heterocycles. The Morgan fingerprint density at radius 1 is 1.16 bits per heavy atom. The van der Waals surface area contributed by atoms with Crippen LogP contribution in [0.3, 0.4) is 0 Å². The van der Waals surface area contributed by atoms with Gasteiger partial charge in [0.25, 0.3) is 5.91 Å². The van der Waals surface area contributed by atoms with Crippen molar-refractivity contribution in [2.75, 3.05) is 5.32 Å². The number of nitrogens with one attached hydrogen (secondary N) is 1. The number of carbonyl (C=O) groups is 1. The predicted octanol–water partition coefficient (Wildman–Crippen LogP) is 2.81. The zero-order chi connectivity index (χ0) is 14.0. The van der Waals surface area contributed by atoms with Gasteiger partial charge < -0.3 is 0 Å². The molecule has 0 aliphatic carbocycles. The summed E-state index contributed by atoms with van der Waals surface area (Å²) in [6.45, 7) is 5.56. The van der Waals surface area contributed by atoms with E-state index in [1.165, 1.54) is 0 Å². The zero-order valence-corrected chi connectivity index (χ0v) is 12.4. The molecule has 1 aromatic carbocycles. The molecule has 0 atom stereocenters. The Bertz CT molecular complexity index is 643. The zero-order valence-electron chi connectivity index (χ0n) is 10.9. The van der Waals surface area contributed by atoms with Gasteiger partial charge in [-0.3, -0.25) is 10.1 Å². The van der Waals surface area contributed by atoms with Crippen LogP contribution in [0.5, 0.6) is 0 Å². The average molecular weight is 321 g/mol. The third-order valence-electron chi connectivity index (χ3n) is 2.75. The van der Waals surface area contributed by atoms with E-state index in [1.807, 2.05) is 32.9 Å². The Labute approximate surface area is 119 Å². The monoisotopic (exact) mass is 320 g/mol. The molecule has 19 heavy (non-hydrogen) atoms. The number of nitrogens with zero attached hydrogens (tertiary/aromatic N) is 3. The fourth-order valence-electron chi connectivity index (χ4n) is 1.50. The van der Waals surface area contributed by atoms with E-state index in [9.17, 15) is 4.79 Å². The SMILES string of the molecule is Cc1cccc(C(=O)Nc2nnc(C)c(C)n2)c1Br. The molecule has 98 valence electrons. The van der Waals surface area contributed by atoms with Crippen molar-refractivity contribution >= 4 is 27.8 Å². The van der Waals surface area contributed by atoms with Crippen LogP contribution in [0, 0.1) is 20.8 Å². The summed E-state index contributed by atoms with van der Waals surface area (Å²) >= 11 is 3.40. The lowest BCUT2D eigenvalue weighted by Gasteiger charge is -2.07. The summed E-state index contributed by atoms with van der Waals surface area (Å²) in [5.74, 6) is -0.0536. The fourth-order valence-corrected chi connectivity index (χ4v) is 1.95. The van der Waals surface area contributed by atoms with Crippen LogP contribution in [-0.4, -0.2) is 21.1 Å². The maximum atomic E-state index is 12.1. The molecule has 0 bridgehead atoms. The number of benzene rings is 1. The summed E-state index contributed by atoms with van der Waals surface area (Å²) in [5.41, 5.74) is 3.02. The van der Waals surface area contributed by atoms with Crippen LogP contribution in [0.25, 0.3) is 0 Å². The van der Waals surface area contributed by atoms with Gasteiger partial charge >= 0.3 is 0 Å². The Balaban J connectivity index is 2.26. The lowest BCUT2D eigenvalue weighted by atomic mass is 10.1. The maximum Gasteiger partial charge on any atom is 0.259 e. The first-order valence-electron chi connectivity index (χ1n) is 5.73. The van der Waals surface area contributed by atoms with Gasteiger partial charge in [0.15, 0.2) is 0 Å². The molecule has 0 aliphatic heterocycles. The van der Waals surface area contributed by atoms with Gasteiger partial charge in [-0.1, -0.05) is 12.1 Å². The van der Waals surface area contributed by atoms with Crippen molar-refractivity contribution in [1.29, 1.82) is 0 Å². The Hall–Kier alpha value is -1.82. The number of halogens is 1. The van der Waals surface area contributed by atoms with E-state index in [1.54, 1.807) is 6.07 Å². The van der Waals surface area contributed by atoms with E-state index in [4.69, 9.17) is 0 Å². The molecule has 1 N–H and O–H groups in total. The van der Waals surface area contributed by atoms with Gasteiger partial charge in [-0.15, -0.1) is 5.10 Å². The molecule has 0 radical (unpaired) electrons. The molecule has 5 nitrogen and oxygen atoms in total. The van der Waals surface area contributed by atoms with Crippen LogP contribution in [0.1, 0.15) is 27.3 Å². The minimum absolute atomic E-state index is 0.210. The van der Waals surface area contributed by atoms with Crippen molar-refractivity contribution in [3.05, 3.63) is 45.2 Å². The van der Waals surface area contributed by atoms with E-state index < -0.39 is 0 Å². The second-order valence-electron chi connectivity index (χ2n) is 4.20. The number of aryl methyl sites for hydroxylation is 3. The van der Waals surface area contributed by atoms with Crippen LogP contribution >= 0.6 is 15.9 Å². The lowest BCUT2D eigenvalue weighted by molar-refractivity contribution is 0.102. The topological polar surface area (TPSA) is 67.8 Å². The molecule has 6 heteroatoms. The van der Waals surface area contributed by atoms with Crippen molar-refractivity contribution in [2.24, 2.45) is 0 Å². The number of rotatable bonds is 2. The van der Waals surface area contributed by atoms with Crippen LogP contribution in [0.2, 0.25) is 0 Å². The first-order chi connectivity index (χ1) is 8.99. The predicted molar refractivity (Wildman–Crippen MR) is 76.1 cm³/mol. The van der Waals surface area contributed by atoms with Gasteiger partial charge in [0.1, 0.15) is 0 Å². The summed E-state index contributed by atoms with van der Waals surface area (Å²) in [5, 5.41) is 10.4. The number of aromatic nitrogens is 3. The van der Waals surface area contributed by atoms with E-state index >= 15 is 0 Å². The molecular weight excluding hydrogens is 308 g/mol. The van der Waals surface area contributed by atoms with Crippen LogP contribution in [0.15, 0.2) is 22.7 Å². The summed E-state index contributed by atoms with van der Waals surface area (Å²) in [4.78, 5) is 16.3. The van der Waals surface area contributed by atoms with E-state index in [2.05, 4.69) is 36.4 Å². The molecule has 1 aromatic heterocycles. The molecule has 2 aromatic rings. The summed E-state index contributed by atoms with van der Waals surface area (Å²) in [6, 6.07) is 5.49. The van der Waals surface area contributed by atoms with Crippen LogP contribution < -0.4 is 5.32 Å². The van der Waals surface area contributed by atoms with Gasteiger partial charge in [0.2, 0.25) is 5.95 Å². The van der Waals surface area contributed by atoms with Crippen molar-refractivity contribution in [3.63, 3.8) is 0 Å². The van der Waals surface area contributed by atoms with Crippen LogP contribution in [-0.2, 0) is 0 Å². The normalized spacial score (nSPS) is 10.3. The average Bonchev–Trinajstić information content (AvgIpc) is 2.37. The highest BCUT2D eigenvalue weighted by Gasteiger charge is 2.13. The smallest absolute Gasteiger partial charge is 0.259 e. The molecule has 0 fully saturated rings. The first kappa shape index (κ1) is 13.6. The molecular formula is C13H13BrN4O. The Kier molecular flexibility index (Phi) is 3.90. The molecule has 0 saturated carbocycles. The number of hydrogen-bond donors (Lipinski definition) is 1. The van der Waals surface area contributed by atoms with E-state index in [0.29, 0.717) is 5.56 Å². The maximum absolute atomic E-state index is 12.1. The summed E-state index contributed by atoms with van der Waals surface area (Å²) < 4.78 is 0.768. The number of hydrogen-bond acceptors (Lipinski definition) is 4. The number of anilines is 1. The van der Waals surface area contributed by atoms with Gasteiger partial charge in [-0.2, -0.15) is 5.10 Å². The van der Waals surface area contributed by atoms with Crippen molar-refractivity contribution in [2.45, 2.75) is 20.8 Å². The quantitative estimate of drug-likeness (QED) is 0.923. The Morgan fingerprint density at radius 3 is 2.58 bits per heavy atom. The highest BCUT2D eigenvalue weighted by Crippen LogP contribution is 2.21. The second-order valence-corrected chi connectivity index (χ2v) is 4.99. The molecule has 0 aliphatic rings. The number of carbonyl (C=O) groups excluding carboxylic acids is 1. The largest absolute Gasteiger partial charge is 0.289 e. The molecule has 0 unspecified atom stereocenters. The van der Waals surface area contributed by atoms with Gasteiger partial charge in [-0.25, -0.2) is 4.98 Å². The summed E-state index contributed by atoms with van der Waals surface area (Å²) in [6.07, 6.45) is 0. The van der Waals surface area contributed by atoms with E-state index in [-0.39, 0.29) is 11.9 Å². The van der Waals surface area contributed by atoms with Crippen molar-refractivity contribution in [3.8, 4) is 0 Å².